The first-order valence-corrected chi connectivity index (χ1v) is 11.1. The number of carbonyl (C=O) groups excluding carboxylic acids is 1. The maximum atomic E-state index is 11.5. The topological polar surface area (TPSA) is 96.1 Å². The molecule has 3 N–H and O–H groups in total. The summed E-state index contributed by atoms with van der Waals surface area (Å²) < 4.78 is 5.49. The van der Waals surface area contributed by atoms with Crippen LogP contribution in [-0.4, -0.2) is 55.5 Å². The number of rotatable bonds is 8. The number of nitrogens with two attached hydrogens (primary N) is 1. The molecule has 1 aromatic heterocycles. The van der Waals surface area contributed by atoms with Crippen molar-refractivity contribution in [2.75, 3.05) is 38.7 Å². The maximum Gasteiger partial charge on any atom is 0.220 e. The highest BCUT2D eigenvalue weighted by Gasteiger charge is 2.25. The largest absolute Gasteiger partial charge is 0.496 e. The smallest absolute Gasteiger partial charge is 0.220 e. The van der Waals surface area contributed by atoms with Gasteiger partial charge in [-0.3, -0.25) is 4.79 Å². The lowest BCUT2D eigenvalue weighted by atomic mass is 9.96. The molecule has 1 aromatic carbocycles. The van der Waals surface area contributed by atoms with Crippen molar-refractivity contribution in [1.29, 1.82) is 0 Å². The van der Waals surface area contributed by atoms with E-state index in [1.165, 1.54) is 0 Å². The van der Waals surface area contributed by atoms with Crippen LogP contribution < -0.4 is 20.7 Å². The lowest BCUT2D eigenvalue weighted by Gasteiger charge is -2.32. The zero-order chi connectivity index (χ0) is 22.9. The molecule has 3 rings (SSSR count). The van der Waals surface area contributed by atoms with Gasteiger partial charge in [-0.1, -0.05) is 24.3 Å². The summed E-state index contributed by atoms with van der Waals surface area (Å²) in [7, 11) is 3.71. The molecule has 1 aliphatic heterocycles. The Morgan fingerprint density at radius 3 is 2.61 bits per heavy atom. The molecular weight excluding hydrogens is 531 g/mol. The molecule has 0 aliphatic carbocycles. The normalized spacial score (nSPS) is 14.4. The number of pyridine rings is 1. The number of nitrogens with one attached hydrogen (secondary N) is 1. The molecule has 2 heterocycles. The number of anilines is 1. The molecule has 0 radical (unpaired) electrons. The Morgan fingerprint density at radius 2 is 1.94 bits per heavy atom. The highest BCUT2D eigenvalue weighted by atomic mass is 127. The van der Waals surface area contributed by atoms with Crippen molar-refractivity contribution in [3.63, 3.8) is 0 Å². The van der Waals surface area contributed by atoms with Crippen LogP contribution in [0.5, 0.6) is 5.75 Å². The van der Waals surface area contributed by atoms with Crippen LogP contribution >= 0.6 is 24.0 Å². The van der Waals surface area contributed by atoms with Crippen molar-refractivity contribution in [3.8, 4) is 5.75 Å². The molecule has 0 unspecified atom stereocenters. The van der Waals surface area contributed by atoms with Gasteiger partial charge in [0.1, 0.15) is 11.6 Å². The van der Waals surface area contributed by atoms with Crippen LogP contribution in [0.1, 0.15) is 30.9 Å². The van der Waals surface area contributed by atoms with E-state index in [9.17, 15) is 4.79 Å². The van der Waals surface area contributed by atoms with Crippen molar-refractivity contribution in [3.05, 3.63) is 53.7 Å². The zero-order valence-electron chi connectivity index (χ0n) is 19.7. The van der Waals surface area contributed by atoms with Crippen molar-refractivity contribution in [1.82, 2.24) is 15.2 Å². The van der Waals surface area contributed by atoms with E-state index in [1.807, 2.05) is 37.5 Å². The van der Waals surface area contributed by atoms with Gasteiger partial charge in [0.2, 0.25) is 5.91 Å². The molecule has 0 atom stereocenters. The summed E-state index contributed by atoms with van der Waals surface area (Å²) in [5, 5.41) is 3.38. The van der Waals surface area contributed by atoms with Crippen molar-refractivity contribution in [2.45, 2.75) is 32.9 Å². The van der Waals surface area contributed by atoms with Crippen LogP contribution in [-0.2, 0) is 17.9 Å². The van der Waals surface area contributed by atoms with E-state index < -0.39 is 0 Å². The molecule has 0 saturated carbocycles. The summed E-state index contributed by atoms with van der Waals surface area (Å²) in [4.78, 5) is 25.3. The van der Waals surface area contributed by atoms with Crippen molar-refractivity contribution >= 4 is 41.7 Å². The molecule has 0 bridgehead atoms. The summed E-state index contributed by atoms with van der Waals surface area (Å²) >= 11 is 0. The average molecular weight is 566 g/mol. The minimum Gasteiger partial charge on any atom is -0.496 e. The fourth-order valence-corrected chi connectivity index (χ4v) is 4.01. The standard InChI is InChI=1S/C24H34N6O2.HI/c1-4-26-24(29(2)17-20-8-5-6-10-21(20)32-3)28-16-19-9-7-13-27-23(19)30-14-11-18(12-15-30)22(25)31;/h5-10,13,18H,4,11-12,14-17H2,1-3H3,(H2,25,31)(H,26,28);1H. The highest BCUT2D eigenvalue weighted by Crippen LogP contribution is 2.25. The molecule has 1 aliphatic rings. The maximum absolute atomic E-state index is 11.5. The predicted molar refractivity (Wildman–Crippen MR) is 143 cm³/mol. The van der Waals surface area contributed by atoms with Gasteiger partial charge in [0, 0.05) is 56.5 Å². The van der Waals surface area contributed by atoms with Crippen LogP contribution in [0.3, 0.4) is 0 Å². The Balaban J connectivity index is 0.00000385. The number of aromatic nitrogens is 1. The number of nitrogens with zero attached hydrogens (tertiary/aromatic N) is 4. The van der Waals surface area contributed by atoms with E-state index in [-0.39, 0.29) is 35.8 Å². The van der Waals surface area contributed by atoms with E-state index >= 15 is 0 Å². The van der Waals surface area contributed by atoms with Gasteiger partial charge in [-0.05, 0) is 31.9 Å². The Labute approximate surface area is 213 Å². The summed E-state index contributed by atoms with van der Waals surface area (Å²) in [5.74, 6) is 2.37. The number of amides is 1. The molecule has 0 spiro atoms. The van der Waals surface area contributed by atoms with E-state index in [0.29, 0.717) is 13.1 Å². The first-order chi connectivity index (χ1) is 15.5. The van der Waals surface area contributed by atoms with Gasteiger partial charge in [-0.2, -0.15) is 0 Å². The Hall–Kier alpha value is -2.56. The number of primary amides is 1. The van der Waals surface area contributed by atoms with Crippen LogP contribution in [0.15, 0.2) is 47.6 Å². The molecule has 2 aromatic rings. The molecule has 180 valence electrons. The zero-order valence-corrected chi connectivity index (χ0v) is 22.0. The van der Waals surface area contributed by atoms with Gasteiger partial charge >= 0.3 is 0 Å². The molecular formula is C24H35IN6O2. The number of methoxy groups -OCH3 is 1. The van der Waals surface area contributed by atoms with Gasteiger partial charge in [0.15, 0.2) is 5.96 Å². The van der Waals surface area contributed by atoms with Gasteiger partial charge in [-0.25, -0.2) is 9.98 Å². The lowest BCUT2D eigenvalue weighted by Crippen LogP contribution is -2.39. The third-order valence-electron chi connectivity index (χ3n) is 5.76. The number of hydrogen-bond donors (Lipinski definition) is 2. The second-order valence-electron chi connectivity index (χ2n) is 7.99. The molecule has 1 saturated heterocycles. The number of halogens is 1. The fourth-order valence-electron chi connectivity index (χ4n) is 4.01. The van der Waals surface area contributed by atoms with Gasteiger partial charge in [0.25, 0.3) is 0 Å². The second-order valence-corrected chi connectivity index (χ2v) is 7.99. The van der Waals surface area contributed by atoms with Gasteiger partial charge < -0.3 is 25.6 Å². The van der Waals surface area contributed by atoms with E-state index in [2.05, 4.69) is 39.2 Å². The minimum absolute atomic E-state index is 0. The van der Waals surface area contributed by atoms with E-state index in [1.54, 1.807) is 7.11 Å². The second kappa shape index (κ2) is 13.2. The SMILES string of the molecule is CCNC(=NCc1cccnc1N1CCC(C(N)=O)CC1)N(C)Cc1ccccc1OC.I. The van der Waals surface area contributed by atoms with Gasteiger partial charge in [0.05, 0.1) is 13.7 Å². The molecule has 8 nitrogen and oxygen atoms in total. The Kier molecular flexibility index (Phi) is 10.7. The summed E-state index contributed by atoms with van der Waals surface area (Å²) in [5.41, 5.74) is 7.64. The average Bonchev–Trinajstić information content (AvgIpc) is 2.82. The van der Waals surface area contributed by atoms with Gasteiger partial charge in [-0.15, -0.1) is 24.0 Å². The van der Waals surface area contributed by atoms with Crippen molar-refractivity contribution in [2.24, 2.45) is 16.6 Å². The third-order valence-corrected chi connectivity index (χ3v) is 5.76. The monoisotopic (exact) mass is 566 g/mol. The summed E-state index contributed by atoms with van der Waals surface area (Å²) in [6.45, 7) is 5.57. The van der Waals surface area contributed by atoms with Crippen molar-refractivity contribution < 1.29 is 9.53 Å². The number of guanidine groups is 1. The van der Waals surface area contributed by atoms with E-state index in [0.717, 1.165) is 61.1 Å². The molecule has 1 amide bonds. The van der Waals surface area contributed by atoms with Crippen LogP contribution in [0.4, 0.5) is 5.82 Å². The number of piperidine rings is 1. The number of ether oxygens (including phenoxy) is 1. The van der Waals surface area contributed by atoms with Crippen LogP contribution in [0, 0.1) is 5.92 Å². The Morgan fingerprint density at radius 1 is 1.24 bits per heavy atom. The number of hydrogen-bond acceptors (Lipinski definition) is 5. The third kappa shape index (κ3) is 7.21. The predicted octanol–water partition coefficient (Wildman–Crippen LogP) is 3.01. The minimum atomic E-state index is -0.205. The van der Waals surface area contributed by atoms with E-state index in [4.69, 9.17) is 15.5 Å². The molecule has 9 heteroatoms. The fraction of sp³-hybridized carbons (Fsp3) is 0.458. The number of aliphatic imine (C=N–C) groups is 1. The first-order valence-electron chi connectivity index (χ1n) is 11.1. The first kappa shape index (κ1) is 26.7. The summed E-state index contributed by atoms with van der Waals surface area (Å²) in [6.07, 6.45) is 3.33. The number of benzene rings is 1. The number of carbonyl (C=O) groups is 1. The summed E-state index contributed by atoms with van der Waals surface area (Å²) in [6, 6.07) is 12.0. The van der Waals surface area contributed by atoms with Crippen LogP contribution in [0.2, 0.25) is 0 Å². The molecule has 33 heavy (non-hydrogen) atoms. The quantitative estimate of drug-likeness (QED) is 0.290. The molecule has 1 fully saturated rings. The van der Waals surface area contributed by atoms with Crippen LogP contribution in [0.25, 0.3) is 0 Å². The Bertz CT molecular complexity index is 931. The number of para-hydroxylation sites is 1. The lowest BCUT2D eigenvalue weighted by molar-refractivity contribution is -0.122. The highest BCUT2D eigenvalue weighted by molar-refractivity contribution is 14.0.